The quantitative estimate of drug-likeness (QED) is 0.393. The lowest BCUT2D eigenvalue weighted by molar-refractivity contribution is -0.139. The van der Waals surface area contributed by atoms with Crippen LogP contribution in [0, 0.1) is 0 Å². The number of benzene rings is 1. The highest BCUT2D eigenvalue weighted by Crippen LogP contribution is 2.28. The van der Waals surface area contributed by atoms with Gasteiger partial charge >= 0.3 is 5.97 Å². The van der Waals surface area contributed by atoms with E-state index >= 15 is 0 Å². The number of hydrogen-bond donors (Lipinski definition) is 0. The van der Waals surface area contributed by atoms with Crippen molar-refractivity contribution in [3.8, 4) is 11.4 Å². The molecule has 0 unspecified atom stereocenters. The van der Waals surface area contributed by atoms with Gasteiger partial charge in [-0.2, -0.15) is 4.68 Å². The molecule has 3 rings (SSSR count). The number of hydrogen-bond acceptors (Lipinski definition) is 8. The van der Waals surface area contributed by atoms with Crippen molar-refractivity contribution in [2.24, 2.45) is 0 Å². The van der Waals surface area contributed by atoms with Gasteiger partial charge < -0.3 is 9.47 Å². The molecule has 0 N–H and O–H groups in total. The zero-order valence-corrected chi connectivity index (χ0v) is 14.1. The van der Waals surface area contributed by atoms with Crippen LogP contribution in [0.15, 0.2) is 35.6 Å². The van der Waals surface area contributed by atoms with Crippen LogP contribution < -0.4 is 4.74 Å². The third-order valence-corrected chi connectivity index (χ3v) is 4.39. The third-order valence-electron chi connectivity index (χ3n) is 3.32. The predicted octanol–water partition coefficient (Wildman–Crippen LogP) is 1.87. The summed E-state index contributed by atoms with van der Waals surface area (Å²) in [7, 11) is 2.96. The fourth-order valence-corrected chi connectivity index (χ4v) is 2.99. The zero-order chi connectivity index (χ0) is 17.1. The summed E-state index contributed by atoms with van der Waals surface area (Å²) in [4.78, 5) is 20.1. The molecule has 8 nitrogen and oxygen atoms in total. The number of aromatic nitrogens is 5. The van der Waals surface area contributed by atoms with Gasteiger partial charge in [-0.1, -0.05) is 23.0 Å². The van der Waals surface area contributed by atoms with Crippen molar-refractivity contribution in [1.29, 1.82) is 0 Å². The molecule has 0 bridgehead atoms. The van der Waals surface area contributed by atoms with Crippen LogP contribution in [-0.4, -0.2) is 50.4 Å². The number of fused-ring (bicyclic) bond motifs is 1. The Morgan fingerprint density at radius 3 is 2.88 bits per heavy atom. The fraction of sp³-hybridized carbons (Fsp3) is 0.267. The van der Waals surface area contributed by atoms with E-state index in [0.717, 1.165) is 5.69 Å². The normalized spacial score (nSPS) is 12.1. The number of rotatable bonds is 5. The molecule has 0 saturated carbocycles. The highest BCUT2D eigenvalue weighted by molar-refractivity contribution is 8.00. The Bertz CT molecular complexity index is 882. The first-order chi connectivity index (χ1) is 11.6. The third kappa shape index (κ3) is 3.02. The molecule has 0 aliphatic heterocycles. The number of carbonyl (C=O) groups excluding carboxylic acids is 1. The second kappa shape index (κ2) is 6.83. The topological polar surface area (TPSA) is 92.0 Å². The number of nitrogens with zero attached hydrogens (tertiary/aromatic N) is 5. The summed E-state index contributed by atoms with van der Waals surface area (Å²) in [5, 5.41) is 8.48. The van der Waals surface area contributed by atoms with Crippen LogP contribution in [0.25, 0.3) is 16.9 Å². The molecule has 0 spiro atoms. The molecule has 0 fully saturated rings. The maximum Gasteiger partial charge on any atom is 0.318 e. The summed E-state index contributed by atoms with van der Waals surface area (Å²) in [6.45, 7) is 1.75. The second-order valence-corrected chi connectivity index (χ2v) is 6.17. The van der Waals surface area contributed by atoms with Crippen molar-refractivity contribution >= 4 is 28.9 Å². The molecule has 2 heterocycles. The largest absolute Gasteiger partial charge is 0.497 e. The van der Waals surface area contributed by atoms with Crippen molar-refractivity contribution in [2.45, 2.75) is 17.2 Å². The lowest BCUT2D eigenvalue weighted by atomic mass is 10.3. The smallest absolute Gasteiger partial charge is 0.318 e. The van der Waals surface area contributed by atoms with Crippen molar-refractivity contribution in [3.63, 3.8) is 0 Å². The van der Waals surface area contributed by atoms with E-state index in [1.165, 1.54) is 25.2 Å². The molecule has 9 heteroatoms. The molecule has 1 atom stereocenters. The molecular formula is C15H15N5O3S. The van der Waals surface area contributed by atoms with Crippen LogP contribution in [0.4, 0.5) is 0 Å². The van der Waals surface area contributed by atoms with Gasteiger partial charge in [-0.05, 0) is 19.1 Å². The average Bonchev–Trinajstić information content (AvgIpc) is 3.06. The molecule has 0 saturated heterocycles. The van der Waals surface area contributed by atoms with Gasteiger partial charge in [-0.15, -0.1) is 5.10 Å². The fourth-order valence-electron chi connectivity index (χ4n) is 2.11. The maximum atomic E-state index is 11.6. The SMILES string of the molecule is COC(=O)[C@H](C)Sc1ncnc2c1nnn2-c1cccc(OC)c1. The Balaban J connectivity index is 2.01. The van der Waals surface area contributed by atoms with Crippen LogP contribution in [-0.2, 0) is 9.53 Å². The molecule has 0 aliphatic rings. The Labute approximate surface area is 142 Å². The number of ether oxygens (including phenoxy) is 2. The van der Waals surface area contributed by atoms with Crippen LogP contribution in [0.2, 0.25) is 0 Å². The minimum absolute atomic E-state index is 0.327. The van der Waals surface area contributed by atoms with Gasteiger partial charge in [0.1, 0.15) is 22.4 Å². The molecule has 2 aromatic heterocycles. The maximum absolute atomic E-state index is 11.6. The Hall–Kier alpha value is -2.68. The number of esters is 1. The van der Waals surface area contributed by atoms with E-state index in [1.54, 1.807) is 18.7 Å². The summed E-state index contributed by atoms with van der Waals surface area (Å²) in [5.41, 5.74) is 1.85. The van der Waals surface area contributed by atoms with Gasteiger partial charge in [-0.25, -0.2) is 9.97 Å². The molecule has 0 aliphatic carbocycles. The average molecular weight is 345 g/mol. The van der Waals surface area contributed by atoms with Crippen LogP contribution >= 0.6 is 11.8 Å². The molecule has 24 heavy (non-hydrogen) atoms. The minimum Gasteiger partial charge on any atom is -0.497 e. The molecule has 3 aromatic rings. The molecule has 1 aromatic carbocycles. The van der Waals surface area contributed by atoms with Gasteiger partial charge in [0, 0.05) is 6.07 Å². The minimum atomic E-state index is -0.407. The highest BCUT2D eigenvalue weighted by atomic mass is 32.2. The van der Waals surface area contributed by atoms with Crippen LogP contribution in [0.3, 0.4) is 0 Å². The first kappa shape index (κ1) is 16.2. The monoisotopic (exact) mass is 345 g/mol. The lowest BCUT2D eigenvalue weighted by Crippen LogP contribution is -2.14. The van der Waals surface area contributed by atoms with E-state index in [0.29, 0.717) is 21.9 Å². The van der Waals surface area contributed by atoms with Crippen LogP contribution in [0.1, 0.15) is 6.92 Å². The second-order valence-electron chi connectivity index (χ2n) is 4.84. The first-order valence-electron chi connectivity index (χ1n) is 7.09. The molecule has 0 amide bonds. The lowest BCUT2D eigenvalue weighted by Gasteiger charge is -2.08. The van der Waals surface area contributed by atoms with Gasteiger partial charge in [0.25, 0.3) is 0 Å². The zero-order valence-electron chi connectivity index (χ0n) is 13.3. The van der Waals surface area contributed by atoms with Crippen molar-refractivity contribution in [1.82, 2.24) is 25.0 Å². The van der Waals surface area contributed by atoms with Crippen molar-refractivity contribution in [3.05, 3.63) is 30.6 Å². The van der Waals surface area contributed by atoms with E-state index in [2.05, 4.69) is 20.3 Å². The molecular weight excluding hydrogens is 330 g/mol. The van der Waals surface area contributed by atoms with Crippen LogP contribution in [0.5, 0.6) is 5.75 Å². The van der Waals surface area contributed by atoms with Crippen molar-refractivity contribution < 1.29 is 14.3 Å². The number of carbonyl (C=O) groups is 1. The first-order valence-corrected chi connectivity index (χ1v) is 7.97. The summed E-state index contributed by atoms with van der Waals surface area (Å²) in [5.74, 6) is 0.381. The Kier molecular flexibility index (Phi) is 4.61. The number of thioether (sulfide) groups is 1. The Morgan fingerprint density at radius 1 is 1.29 bits per heavy atom. The summed E-state index contributed by atoms with van der Waals surface area (Å²) in [6, 6.07) is 7.41. The molecule has 0 radical (unpaired) electrons. The van der Waals surface area contributed by atoms with Gasteiger partial charge in [0.05, 0.1) is 19.9 Å². The van der Waals surface area contributed by atoms with Gasteiger partial charge in [0.2, 0.25) is 0 Å². The molecule has 124 valence electrons. The van der Waals surface area contributed by atoms with E-state index in [1.807, 2.05) is 24.3 Å². The summed E-state index contributed by atoms with van der Waals surface area (Å²) in [6.07, 6.45) is 1.43. The van der Waals surface area contributed by atoms with E-state index < -0.39 is 5.25 Å². The van der Waals surface area contributed by atoms with Crippen molar-refractivity contribution in [2.75, 3.05) is 14.2 Å². The van der Waals surface area contributed by atoms with E-state index in [9.17, 15) is 4.79 Å². The van der Waals surface area contributed by atoms with E-state index in [-0.39, 0.29) is 5.97 Å². The van der Waals surface area contributed by atoms with Gasteiger partial charge in [0.15, 0.2) is 11.2 Å². The van der Waals surface area contributed by atoms with Gasteiger partial charge in [-0.3, -0.25) is 4.79 Å². The predicted molar refractivity (Wildman–Crippen MR) is 88.3 cm³/mol. The summed E-state index contributed by atoms with van der Waals surface area (Å²) >= 11 is 1.26. The highest BCUT2D eigenvalue weighted by Gasteiger charge is 2.20. The van der Waals surface area contributed by atoms with E-state index in [4.69, 9.17) is 9.47 Å². The standard InChI is InChI=1S/C15H15N5O3S/c1-9(15(21)23-3)24-14-12-13(16-8-17-14)20(19-18-12)10-5-4-6-11(7-10)22-2/h4-9H,1-3H3/t9-/m0/s1. The Morgan fingerprint density at radius 2 is 2.12 bits per heavy atom. The summed E-state index contributed by atoms with van der Waals surface area (Å²) < 4.78 is 11.6. The number of methoxy groups -OCH3 is 2.